The Morgan fingerprint density at radius 2 is 2.21 bits per heavy atom. The summed E-state index contributed by atoms with van der Waals surface area (Å²) in [5.74, 6) is -0.0593. The second kappa shape index (κ2) is 6.17. The van der Waals surface area contributed by atoms with E-state index in [9.17, 15) is 13.2 Å². The smallest absolute Gasteiger partial charge is 0.258 e. The van der Waals surface area contributed by atoms with Gasteiger partial charge in [0.2, 0.25) is 10.0 Å². The molecule has 0 saturated heterocycles. The second-order valence-corrected chi connectivity index (χ2v) is 5.26. The number of nitrogens with zero attached hydrogens (tertiary/aromatic N) is 1. The predicted octanol–water partition coefficient (Wildman–Crippen LogP) is -0.339. The van der Waals surface area contributed by atoms with Gasteiger partial charge in [-0.2, -0.15) is 5.26 Å². The first-order chi connectivity index (χ1) is 8.84. The highest BCUT2D eigenvalue weighted by atomic mass is 32.2. The fourth-order valence-electron chi connectivity index (χ4n) is 1.29. The Morgan fingerprint density at radius 1 is 1.53 bits per heavy atom. The van der Waals surface area contributed by atoms with Gasteiger partial charge in [0.05, 0.1) is 11.0 Å². The number of hydrogen-bond donors (Lipinski definition) is 2. The van der Waals surface area contributed by atoms with Crippen molar-refractivity contribution in [3.63, 3.8) is 0 Å². The molecule has 0 bridgehead atoms. The Morgan fingerprint density at radius 3 is 2.74 bits per heavy atom. The third-order valence-corrected chi connectivity index (χ3v) is 3.11. The first-order valence-corrected chi connectivity index (χ1v) is 6.79. The van der Waals surface area contributed by atoms with E-state index >= 15 is 0 Å². The summed E-state index contributed by atoms with van der Waals surface area (Å²) in [5, 5.41) is 15.6. The van der Waals surface area contributed by atoms with Gasteiger partial charge in [0.25, 0.3) is 5.91 Å². The van der Waals surface area contributed by atoms with Gasteiger partial charge in [-0.05, 0) is 30.7 Å². The number of benzene rings is 1. The fraction of sp³-hybridized carbons (Fsp3) is 0.273. The predicted molar refractivity (Wildman–Crippen MR) is 66.7 cm³/mol. The van der Waals surface area contributed by atoms with Crippen molar-refractivity contribution in [3.8, 4) is 11.8 Å². The van der Waals surface area contributed by atoms with Gasteiger partial charge in [0.15, 0.2) is 6.61 Å². The van der Waals surface area contributed by atoms with E-state index in [0.717, 1.165) is 0 Å². The summed E-state index contributed by atoms with van der Waals surface area (Å²) < 4.78 is 27.5. The molecule has 102 valence electrons. The van der Waals surface area contributed by atoms with Crippen LogP contribution in [0.4, 0.5) is 0 Å². The number of amides is 1. The Balaban J connectivity index is 2.71. The zero-order valence-electron chi connectivity index (χ0n) is 10.2. The van der Waals surface area contributed by atoms with Crippen LogP contribution in [0.2, 0.25) is 0 Å². The van der Waals surface area contributed by atoms with Crippen LogP contribution >= 0.6 is 0 Å². The molecule has 7 nitrogen and oxygen atoms in total. The lowest BCUT2D eigenvalue weighted by atomic mass is 10.2. The number of aryl methyl sites for hydroxylation is 1. The zero-order valence-corrected chi connectivity index (χ0v) is 11.0. The van der Waals surface area contributed by atoms with Crippen LogP contribution in [-0.2, 0) is 14.8 Å². The molecule has 0 aliphatic carbocycles. The summed E-state index contributed by atoms with van der Waals surface area (Å²) in [6.45, 7) is 1.29. The van der Waals surface area contributed by atoms with Crippen molar-refractivity contribution < 1.29 is 17.9 Å². The first kappa shape index (κ1) is 14.9. The van der Waals surface area contributed by atoms with Crippen LogP contribution in [0.25, 0.3) is 0 Å². The second-order valence-electron chi connectivity index (χ2n) is 3.70. The molecule has 3 N–H and O–H groups in total. The van der Waals surface area contributed by atoms with Gasteiger partial charge in [-0.15, -0.1) is 0 Å². The normalized spacial score (nSPS) is 10.6. The van der Waals surface area contributed by atoms with E-state index in [4.69, 9.17) is 15.1 Å². The minimum absolute atomic E-state index is 0.0220. The summed E-state index contributed by atoms with van der Waals surface area (Å²) in [5.41, 5.74) is 0.541. The molecule has 1 aromatic rings. The average Bonchev–Trinajstić information content (AvgIpc) is 2.33. The molecule has 19 heavy (non-hydrogen) atoms. The maximum absolute atomic E-state index is 11.2. The van der Waals surface area contributed by atoms with Gasteiger partial charge in [-0.3, -0.25) is 4.79 Å². The number of sulfonamides is 1. The Labute approximate surface area is 111 Å². The highest BCUT2D eigenvalue weighted by molar-refractivity contribution is 7.89. The minimum atomic E-state index is -3.76. The number of nitriles is 1. The Kier molecular flexibility index (Phi) is 4.86. The molecule has 0 saturated carbocycles. The molecule has 0 atom stereocenters. The quantitative estimate of drug-likeness (QED) is 0.716. The van der Waals surface area contributed by atoms with Gasteiger partial charge in [0.1, 0.15) is 12.3 Å². The van der Waals surface area contributed by atoms with Crippen molar-refractivity contribution >= 4 is 15.9 Å². The lowest BCUT2D eigenvalue weighted by Gasteiger charge is -2.09. The minimum Gasteiger partial charge on any atom is -0.484 e. The maximum atomic E-state index is 11.2. The molecule has 1 amide bonds. The topological polar surface area (TPSA) is 122 Å². The number of carbonyl (C=O) groups is 1. The van der Waals surface area contributed by atoms with Gasteiger partial charge < -0.3 is 10.1 Å². The number of nitrogens with one attached hydrogen (secondary N) is 1. The van der Waals surface area contributed by atoms with Crippen molar-refractivity contribution in [2.24, 2.45) is 5.14 Å². The molecule has 0 fully saturated rings. The molecule has 0 radical (unpaired) electrons. The van der Waals surface area contributed by atoms with Crippen LogP contribution < -0.4 is 15.2 Å². The van der Waals surface area contributed by atoms with Crippen LogP contribution in [0.15, 0.2) is 23.1 Å². The molecular weight excluding hydrogens is 270 g/mol. The highest BCUT2D eigenvalue weighted by Gasteiger charge is 2.11. The number of carbonyl (C=O) groups excluding carboxylic acids is 1. The van der Waals surface area contributed by atoms with E-state index in [-0.39, 0.29) is 18.0 Å². The number of rotatable bonds is 5. The Bertz CT molecular complexity index is 619. The van der Waals surface area contributed by atoms with Gasteiger partial charge in [0, 0.05) is 0 Å². The monoisotopic (exact) mass is 283 g/mol. The van der Waals surface area contributed by atoms with Crippen molar-refractivity contribution in [2.45, 2.75) is 11.8 Å². The molecule has 0 spiro atoms. The van der Waals surface area contributed by atoms with Crippen molar-refractivity contribution in [1.29, 1.82) is 5.26 Å². The number of hydrogen-bond acceptors (Lipinski definition) is 5. The fourth-order valence-corrected chi connectivity index (χ4v) is 1.89. The van der Waals surface area contributed by atoms with E-state index in [2.05, 4.69) is 5.32 Å². The van der Waals surface area contributed by atoms with Crippen LogP contribution in [0.3, 0.4) is 0 Å². The average molecular weight is 283 g/mol. The van der Waals surface area contributed by atoms with Crippen LogP contribution in [-0.4, -0.2) is 27.5 Å². The Hall–Kier alpha value is -2.11. The van der Waals surface area contributed by atoms with E-state index in [1.54, 1.807) is 13.0 Å². The molecular formula is C11H13N3O4S. The third-order valence-electron chi connectivity index (χ3n) is 2.20. The summed E-state index contributed by atoms with van der Waals surface area (Å²) in [4.78, 5) is 11.2. The molecule has 0 heterocycles. The third kappa shape index (κ3) is 4.57. The number of primary sulfonamides is 1. The first-order valence-electron chi connectivity index (χ1n) is 5.24. The molecule has 8 heteroatoms. The highest BCUT2D eigenvalue weighted by Crippen LogP contribution is 2.20. The van der Waals surface area contributed by atoms with Crippen molar-refractivity contribution in [3.05, 3.63) is 23.8 Å². The van der Waals surface area contributed by atoms with E-state index in [1.807, 2.05) is 0 Å². The van der Waals surface area contributed by atoms with E-state index in [0.29, 0.717) is 11.3 Å². The lowest BCUT2D eigenvalue weighted by Crippen LogP contribution is -2.29. The van der Waals surface area contributed by atoms with Crippen LogP contribution in [0, 0.1) is 18.3 Å². The van der Waals surface area contributed by atoms with E-state index in [1.165, 1.54) is 18.2 Å². The zero-order chi connectivity index (χ0) is 14.5. The standard InChI is InChI=1S/C11H13N3O4S/c1-8-6-9(19(13,16)17)2-3-10(8)18-7-11(15)14-5-4-12/h2-3,6H,5,7H2,1H3,(H,14,15)(H2,13,16,17). The molecule has 0 aliphatic rings. The summed E-state index contributed by atoms with van der Waals surface area (Å²) in [6, 6.07) is 5.84. The summed E-state index contributed by atoms with van der Waals surface area (Å²) in [6.07, 6.45) is 0. The van der Waals surface area contributed by atoms with Crippen molar-refractivity contribution in [2.75, 3.05) is 13.2 Å². The van der Waals surface area contributed by atoms with Crippen LogP contribution in [0.1, 0.15) is 5.56 Å². The van der Waals surface area contributed by atoms with Gasteiger partial charge in [-0.1, -0.05) is 0 Å². The number of nitrogens with two attached hydrogens (primary N) is 1. The molecule has 0 unspecified atom stereocenters. The van der Waals surface area contributed by atoms with Crippen LogP contribution in [0.5, 0.6) is 5.75 Å². The maximum Gasteiger partial charge on any atom is 0.258 e. The summed E-state index contributed by atoms with van der Waals surface area (Å²) in [7, 11) is -3.76. The molecule has 1 rings (SSSR count). The largest absolute Gasteiger partial charge is 0.484 e. The van der Waals surface area contributed by atoms with Gasteiger partial charge in [-0.25, -0.2) is 13.6 Å². The molecule has 1 aromatic carbocycles. The van der Waals surface area contributed by atoms with E-state index < -0.39 is 15.9 Å². The molecule has 0 aromatic heterocycles. The van der Waals surface area contributed by atoms with Gasteiger partial charge >= 0.3 is 0 Å². The summed E-state index contributed by atoms with van der Waals surface area (Å²) >= 11 is 0. The SMILES string of the molecule is Cc1cc(S(N)(=O)=O)ccc1OCC(=O)NCC#N. The number of ether oxygens (including phenoxy) is 1. The van der Waals surface area contributed by atoms with Crippen molar-refractivity contribution in [1.82, 2.24) is 5.32 Å². The molecule has 0 aliphatic heterocycles. The lowest BCUT2D eigenvalue weighted by molar-refractivity contribution is -0.122.